The lowest BCUT2D eigenvalue weighted by Gasteiger charge is -2.14. The summed E-state index contributed by atoms with van der Waals surface area (Å²) in [4.78, 5) is 10.6. The molecule has 0 unspecified atom stereocenters. The van der Waals surface area contributed by atoms with Gasteiger partial charge in [0.15, 0.2) is 0 Å². The van der Waals surface area contributed by atoms with Crippen LogP contribution in [0.5, 0.6) is 5.75 Å². The molecule has 2 atom stereocenters. The first-order valence-corrected chi connectivity index (χ1v) is 5.37. The van der Waals surface area contributed by atoms with E-state index in [0.29, 0.717) is 6.61 Å². The summed E-state index contributed by atoms with van der Waals surface area (Å²) in [5.41, 5.74) is 0.990. The minimum Gasteiger partial charge on any atom is -0.497 e. The molecule has 0 spiro atoms. The van der Waals surface area contributed by atoms with Crippen LogP contribution in [0.25, 0.3) is 0 Å². The summed E-state index contributed by atoms with van der Waals surface area (Å²) in [6, 6.07) is 7.51. The lowest BCUT2D eigenvalue weighted by molar-refractivity contribution is -0.114. The number of hydrogen-bond acceptors (Lipinski definition) is 3. The van der Waals surface area contributed by atoms with Gasteiger partial charge in [-0.1, -0.05) is 25.0 Å². The van der Waals surface area contributed by atoms with Crippen LogP contribution in [0.3, 0.4) is 0 Å². The van der Waals surface area contributed by atoms with Crippen LogP contribution in [-0.2, 0) is 16.1 Å². The molecule has 1 aromatic carbocycles. The van der Waals surface area contributed by atoms with Gasteiger partial charge in [-0.15, -0.1) is 6.42 Å². The molecule has 0 radical (unpaired) electrons. The number of hydrogen-bond donors (Lipinski definition) is 0. The van der Waals surface area contributed by atoms with Crippen molar-refractivity contribution in [3.05, 3.63) is 29.8 Å². The first-order chi connectivity index (χ1) is 8.21. The average molecular weight is 232 g/mol. The smallest absolute Gasteiger partial charge is 0.127 e. The van der Waals surface area contributed by atoms with Crippen molar-refractivity contribution >= 4 is 6.29 Å². The molecule has 0 heterocycles. The molecule has 3 nitrogen and oxygen atoms in total. The number of benzene rings is 1. The molecule has 0 N–H and O–H groups in total. The lowest BCUT2D eigenvalue weighted by Crippen LogP contribution is -2.20. The largest absolute Gasteiger partial charge is 0.497 e. The maximum atomic E-state index is 10.6. The second-order valence-corrected chi connectivity index (χ2v) is 3.74. The van der Waals surface area contributed by atoms with Crippen LogP contribution < -0.4 is 4.74 Å². The summed E-state index contributed by atoms with van der Waals surface area (Å²) < 4.78 is 10.5. The first kappa shape index (κ1) is 13.3. The Morgan fingerprint density at radius 2 is 2.06 bits per heavy atom. The lowest BCUT2D eigenvalue weighted by atomic mass is 10.1. The molecule has 90 valence electrons. The van der Waals surface area contributed by atoms with E-state index >= 15 is 0 Å². The molecule has 0 amide bonds. The summed E-state index contributed by atoms with van der Waals surface area (Å²) in [7, 11) is 1.62. The molecule has 0 saturated heterocycles. The van der Waals surface area contributed by atoms with Crippen molar-refractivity contribution in [3.63, 3.8) is 0 Å². The Bertz CT molecular complexity index is 389. The van der Waals surface area contributed by atoms with Crippen LogP contribution in [0, 0.1) is 18.3 Å². The Labute approximate surface area is 102 Å². The van der Waals surface area contributed by atoms with Crippen LogP contribution in [0.2, 0.25) is 0 Å². The molecule has 0 aliphatic carbocycles. The van der Waals surface area contributed by atoms with Crippen LogP contribution in [0.15, 0.2) is 24.3 Å². The van der Waals surface area contributed by atoms with Crippen LogP contribution in [0.4, 0.5) is 0 Å². The fourth-order valence-corrected chi connectivity index (χ4v) is 1.33. The van der Waals surface area contributed by atoms with Gasteiger partial charge in [0.25, 0.3) is 0 Å². The molecule has 3 heteroatoms. The van der Waals surface area contributed by atoms with E-state index in [4.69, 9.17) is 15.9 Å². The third kappa shape index (κ3) is 3.93. The van der Waals surface area contributed by atoms with Crippen molar-refractivity contribution in [1.82, 2.24) is 0 Å². The van der Waals surface area contributed by atoms with E-state index in [9.17, 15) is 4.79 Å². The third-order valence-corrected chi connectivity index (χ3v) is 2.45. The zero-order chi connectivity index (χ0) is 12.7. The number of aldehydes is 1. The molecule has 0 fully saturated rings. The SMILES string of the molecule is C#C[C@H](OCc1ccc(OC)cc1)[C@H](C)C=O. The topological polar surface area (TPSA) is 35.5 Å². The Balaban J connectivity index is 2.54. The average Bonchev–Trinajstić information content (AvgIpc) is 2.39. The van der Waals surface area contributed by atoms with E-state index in [-0.39, 0.29) is 5.92 Å². The fourth-order valence-electron chi connectivity index (χ4n) is 1.33. The minimum atomic E-state index is -0.477. The number of terminal acetylenes is 1. The molecule has 1 aromatic rings. The maximum absolute atomic E-state index is 10.6. The molecular weight excluding hydrogens is 216 g/mol. The van der Waals surface area contributed by atoms with E-state index in [2.05, 4.69) is 5.92 Å². The van der Waals surface area contributed by atoms with Gasteiger partial charge in [0.2, 0.25) is 0 Å². The first-order valence-electron chi connectivity index (χ1n) is 5.37. The summed E-state index contributed by atoms with van der Waals surface area (Å²) in [5.74, 6) is 2.97. The Morgan fingerprint density at radius 3 is 2.53 bits per heavy atom. The molecule has 0 aromatic heterocycles. The highest BCUT2D eigenvalue weighted by Gasteiger charge is 2.14. The molecule has 0 bridgehead atoms. The van der Waals surface area contributed by atoms with Gasteiger partial charge in [0, 0.05) is 5.92 Å². The number of carbonyl (C=O) groups excluding carboxylic acids is 1. The van der Waals surface area contributed by atoms with Gasteiger partial charge in [-0.05, 0) is 17.7 Å². The van der Waals surface area contributed by atoms with Gasteiger partial charge in [0.05, 0.1) is 13.7 Å². The third-order valence-electron chi connectivity index (χ3n) is 2.45. The van der Waals surface area contributed by atoms with Gasteiger partial charge in [-0.3, -0.25) is 0 Å². The Kier molecular flexibility index (Phi) is 5.25. The molecule has 0 aliphatic heterocycles. The predicted octanol–water partition coefficient (Wildman–Crippen LogP) is 2.05. The number of carbonyl (C=O) groups is 1. The van der Waals surface area contributed by atoms with E-state index in [1.54, 1.807) is 14.0 Å². The highest BCUT2D eigenvalue weighted by Crippen LogP contribution is 2.13. The van der Waals surface area contributed by atoms with E-state index < -0.39 is 6.10 Å². The van der Waals surface area contributed by atoms with Crippen molar-refractivity contribution in [2.24, 2.45) is 5.92 Å². The number of ether oxygens (including phenoxy) is 2. The number of rotatable bonds is 6. The van der Waals surface area contributed by atoms with E-state index in [0.717, 1.165) is 17.6 Å². The van der Waals surface area contributed by atoms with Crippen molar-refractivity contribution in [1.29, 1.82) is 0 Å². The van der Waals surface area contributed by atoms with Crippen molar-refractivity contribution < 1.29 is 14.3 Å². The van der Waals surface area contributed by atoms with Gasteiger partial charge >= 0.3 is 0 Å². The second-order valence-electron chi connectivity index (χ2n) is 3.74. The van der Waals surface area contributed by atoms with Crippen LogP contribution in [-0.4, -0.2) is 19.5 Å². The normalized spacial score (nSPS) is 13.5. The summed E-state index contributed by atoms with van der Waals surface area (Å²) >= 11 is 0. The minimum absolute atomic E-state index is 0.293. The maximum Gasteiger partial charge on any atom is 0.127 e. The van der Waals surface area contributed by atoms with Crippen molar-refractivity contribution in [3.8, 4) is 18.1 Å². The van der Waals surface area contributed by atoms with Gasteiger partial charge in [-0.2, -0.15) is 0 Å². The zero-order valence-corrected chi connectivity index (χ0v) is 10.1. The van der Waals surface area contributed by atoms with E-state index in [1.165, 1.54) is 0 Å². The quantitative estimate of drug-likeness (QED) is 0.556. The summed E-state index contributed by atoms with van der Waals surface area (Å²) in [6.45, 7) is 2.13. The molecule has 0 saturated carbocycles. The molecule has 0 aliphatic rings. The van der Waals surface area contributed by atoms with E-state index in [1.807, 2.05) is 24.3 Å². The fraction of sp³-hybridized carbons (Fsp3) is 0.357. The molecule has 17 heavy (non-hydrogen) atoms. The van der Waals surface area contributed by atoms with Gasteiger partial charge in [-0.25, -0.2) is 0 Å². The molecular formula is C14H16O3. The summed E-state index contributed by atoms with van der Waals surface area (Å²) in [6.07, 6.45) is 5.63. The zero-order valence-electron chi connectivity index (χ0n) is 10.1. The standard InChI is InChI=1S/C14H16O3/c1-4-14(11(2)9-15)17-10-12-5-7-13(16-3)8-6-12/h1,5-9,11,14H,10H2,2-3H3/t11-,14+/m1/s1. The van der Waals surface area contributed by atoms with Crippen LogP contribution >= 0.6 is 0 Å². The van der Waals surface area contributed by atoms with Gasteiger partial charge < -0.3 is 14.3 Å². The van der Waals surface area contributed by atoms with Crippen molar-refractivity contribution in [2.45, 2.75) is 19.6 Å². The second kappa shape index (κ2) is 6.72. The highest BCUT2D eigenvalue weighted by molar-refractivity contribution is 5.54. The van der Waals surface area contributed by atoms with Gasteiger partial charge in [0.1, 0.15) is 18.1 Å². The Morgan fingerprint density at radius 1 is 1.41 bits per heavy atom. The Hall–Kier alpha value is -1.79. The van der Waals surface area contributed by atoms with Crippen molar-refractivity contribution in [2.75, 3.05) is 7.11 Å². The predicted molar refractivity (Wildman–Crippen MR) is 65.6 cm³/mol. The highest BCUT2D eigenvalue weighted by atomic mass is 16.5. The summed E-state index contributed by atoms with van der Waals surface area (Å²) in [5, 5.41) is 0. The number of methoxy groups -OCH3 is 1. The molecule has 1 rings (SSSR count). The monoisotopic (exact) mass is 232 g/mol. The van der Waals surface area contributed by atoms with Crippen LogP contribution in [0.1, 0.15) is 12.5 Å².